The molecular formula is C12H19N3O3. The molecule has 1 aliphatic rings. The average molecular weight is 253 g/mol. The molecule has 1 aromatic rings. The van der Waals surface area contributed by atoms with Gasteiger partial charge >= 0.3 is 0 Å². The third-order valence-corrected chi connectivity index (χ3v) is 3.52. The Bertz CT molecular complexity index is 460. The standard InChI is InChI=1S/C12H19N3O3/c1-15(8-5-3-4-6-9(8)16)11-10(18-2)12(17)14-7-13-11/h7-9,16H,3-6H2,1-2H3,(H,13,14,17). The molecule has 0 radical (unpaired) electrons. The van der Waals surface area contributed by atoms with E-state index in [0.29, 0.717) is 5.82 Å². The van der Waals surface area contributed by atoms with Crippen molar-refractivity contribution < 1.29 is 9.84 Å². The number of nitrogens with zero attached hydrogens (tertiary/aromatic N) is 2. The normalized spacial score (nSPS) is 23.7. The van der Waals surface area contributed by atoms with Crippen molar-refractivity contribution in [3.8, 4) is 5.75 Å². The Morgan fingerprint density at radius 2 is 2.22 bits per heavy atom. The minimum Gasteiger partial charge on any atom is -0.489 e. The zero-order valence-electron chi connectivity index (χ0n) is 10.7. The molecule has 2 unspecified atom stereocenters. The van der Waals surface area contributed by atoms with Gasteiger partial charge in [-0.3, -0.25) is 4.79 Å². The van der Waals surface area contributed by atoms with Gasteiger partial charge in [0, 0.05) is 7.05 Å². The Morgan fingerprint density at radius 1 is 1.50 bits per heavy atom. The van der Waals surface area contributed by atoms with Crippen molar-refractivity contribution in [3.05, 3.63) is 16.7 Å². The first-order valence-corrected chi connectivity index (χ1v) is 6.17. The van der Waals surface area contributed by atoms with Crippen molar-refractivity contribution in [1.29, 1.82) is 0 Å². The highest BCUT2D eigenvalue weighted by Crippen LogP contribution is 2.28. The number of aliphatic hydroxyl groups is 1. The van der Waals surface area contributed by atoms with Crippen molar-refractivity contribution in [2.75, 3.05) is 19.1 Å². The lowest BCUT2D eigenvalue weighted by Crippen LogP contribution is -2.44. The Kier molecular flexibility index (Phi) is 3.86. The van der Waals surface area contributed by atoms with Crippen LogP contribution in [0.5, 0.6) is 5.75 Å². The van der Waals surface area contributed by atoms with Gasteiger partial charge in [-0.25, -0.2) is 4.98 Å². The van der Waals surface area contributed by atoms with Gasteiger partial charge < -0.3 is 19.7 Å². The van der Waals surface area contributed by atoms with E-state index < -0.39 is 0 Å². The zero-order valence-corrected chi connectivity index (χ0v) is 10.7. The summed E-state index contributed by atoms with van der Waals surface area (Å²) in [4.78, 5) is 20.1. The molecule has 0 aliphatic heterocycles. The van der Waals surface area contributed by atoms with E-state index in [9.17, 15) is 9.90 Å². The third-order valence-electron chi connectivity index (χ3n) is 3.52. The first-order chi connectivity index (χ1) is 8.65. The van der Waals surface area contributed by atoms with Crippen LogP contribution in [0.3, 0.4) is 0 Å². The molecular weight excluding hydrogens is 234 g/mol. The summed E-state index contributed by atoms with van der Waals surface area (Å²) in [5.41, 5.74) is -0.306. The molecule has 0 bridgehead atoms. The van der Waals surface area contributed by atoms with Crippen LogP contribution in [0.2, 0.25) is 0 Å². The minimum atomic E-state index is -0.380. The van der Waals surface area contributed by atoms with Gasteiger partial charge in [0.2, 0.25) is 5.75 Å². The van der Waals surface area contributed by atoms with Gasteiger partial charge in [0.25, 0.3) is 5.56 Å². The number of nitrogens with one attached hydrogen (secondary N) is 1. The van der Waals surface area contributed by atoms with E-state index in [-0.39, 0.29) is 23.5 Å². The summed E-state index contributed by atoms with van der Waals surface area (Å²) < 4.78 is 5.09. The number of aromatic nitrogens is 2. The molecule has 6 nitrogen and oxygen atoms in total. The van der Waals surface area contributed by atoms with Gasteiger partial charge in [-0.1, -0.05) is 12.8 Å². The number of ether oxygens (including phenoxy) is 1. The lowest BCUT2D eigenvalue weighted by Gasteiger charge is -2.36. The summed E-state index contributed by atoms with van der Waals surface area (Å²) in [5.74, 6) is 0.671. The first-order valence-electron chi connectivity index (χ1n) is 6.17. The van der Waals surface area contributed by atoms with Crippen LogP contribution in [-0.4, -0.2) is 41.4 Å². The number of hydrogen-bond donors (Lipinski definition) is 2. The number of rotatable bonds is 3. The number of likely N-dealkylation sites (N-methyl/N-ethyl adjacent to an activating group) is 1. The highest BCUT2D eigenvalue weighted by atomic mass is 16.5. The average Bonchev–Trinajstić information content (AvgIpc) is 2.38. The number of H-pyrrole nitrogens is 1. The second-order valence-corrected chi connectivity index (χ2v) is 4.62. The predicted octanol–water partition coefficient (Wildman–Crippen LogP) is 0.518. The molecule has 0 saturated heterocycles. The van der Waals surface area contributed by atoms with Crippen LogP contribution in [-0.2, 0) is 0 Å². The molecule has 1 fully saturated rings. The minimum absolute atomic E-state index is 0.0121. The quantitative estimate of drug-likeness (QED) is 0.821. The smallest absolute Gasteiger partial charge is 0.295 e. The molecule has 2 N–H and O–H groups in total. The van der Waals surface area contributed by atoms with E-state index in [2.05, 4.69) is 9.97 Å². The summed E-state index contributed by atoms with van der Waals surface area (Å²) in [6.45, 7) is 0. The second kappa shape index (κ2) is 5.39. The number of aliphatic hydroxyl groups excluding tert-OH is 1. The Labute approximate surface area is 106 Å². The van der Waals surface area contributed by atoms with Gasteiger partial charge in [0.15, 0.2) is 5.82 Å². The Balaban J connectivity index is 2.30. The number of aromatic amines is 1. The zero-order chi connectivity index (χ0) is 13.1. The molecule has 0 spiro atoms. The predicted molar refractivity (Wildman–Crippen MR) is 68.1 cm³/mol. The van der Waals surface area contributed by atoms with Crippen LogP contribution in [0.25, 0.3) is 0 Å². The highest BCUT2D eigenvalue weighted by Gasteiger charge is 2.29. The third kappa shape index (κ3) is 2.33. The largest absolute Gasteiger partial charge is 0.489 e. The maximum absolute atomic E-state index is 11.6. The molecule has 0 amide bonds. The van der Waals surface area contributed by atoms with Crippen LogP contribution < -0.4 is 15.2 Å². The molecule has 1 aliphatic carbocycles. The second-order valence-electron chi connectivity index (χ2n) is 4.62. The van der Waals surface area contributed by atoms with Crippen LogP contribution >= 0.6 is 0 Å². The fraction of sp³-hybridized carbons (Fsp3) is 0.667. The summed E-state index contributed by atoms with van der Waals surface area (Å²) in [6.07, 6.45) is 4.79. The molecule has 2 rings (SSSR count). The first kappa shape index (κ1) is 12.9. The number of methoxy groups -OCH3 is 1. The monoisotopic (exact) mass is 253 g/mol. The fourth-order valence-corrected chi connectivity index (χ4v) is 2.51. The SMILES string of the molecule is COc1c(N(C)C2CCCCC2O)nc[nH]c1=O. The summed E-state index contributed by atoms with van der Waals surface area (Å²) in [7, 11) is 3.28. The van der Waals surface area contributed by atoms with Crippen molar-refractivity contribution >= 4 is 5.82 Å². The maximum atomic E-state index is 11.6. The van der Waals surface area contributed by atoms with E-state index in [1.807, 2.05) is 11.9 Å². The van der Waals surface area contributed by atoms with E-state index in [1.165, 1.54) is 13.4 Å². The van der Waals surface area contributed by atoms with Crippen LogP contribution in [0, 0.1) is 0 Å². The summed E-state index contributed by atoms with van der Waals surface area (Å²) in [6, 6.07) is -0.0121. The van der Waals surface area contributed by atoms with Crippen molar-refractivity contribution in [2.45, 2.75) is 37.8 Å². The van der Waals surface area contributed by atoms with E-state index in [4.69, 9.17) is 4.74 Å². The van der Waals surface area contributed by atoms with Gasteiger partial charge in [0.05, 0.1) is 25.6 Å². The number of hydrogen-bond acceptors (Lipinski definition) is 5. The Hall–Kier alpha value is -1.56. The van der Waals surface area contributed by atoms with Gasteiger partial charge in [-0.2, -0.15) is 0 Å². The summed E-state index contributed by atoms with van der Waals surface area (Å²) >= 11 is 0. The van der Waals surface area contributed by atoms with Crippen molar-refractivity contribution in [2.24, 2.45) is 0 Å². The van der Waals surface area contributed by atoms with Crippen LogP contribution in [0.4, 0.5) is 5.82 Å². The van der Waals surface area contributed by atoms with Gasteiger partial charge in [-0.15, -0.1) is 0 Å². The van der Waals surface area contributed by atoms with Crippen molar-refractivity contribution in [3.63, 3.8) is 0 Å². The lowest BCUT2D eigenvalue weighted by atomic mass is 9.91. The molecule has 100 valence electrons. The fourth-order valence-electron chi connectivity index (χ4n) is 2.51. The molecule has 1 saturated carbocycles. The van der Waals surface area contributed by atoms with Crippen LogP contribution in [0.1, 0.15) is 25.7 Å². The van der Waals surface area contributed by atoms with E-state index >= 15 is 0 Å². The van der Waals surface area contributed by atoms with Gasteiger partial charge in [0.1, 0.15) is 0 Å². The molecule has 18 heavy (non-hydrogen) atoms. The van der Waals surface area contributed by atoms with Crippen LogP contribution in [0.15, 0.2) is 11.1 Å². The number of anilines is 1. The highest BCUT2D eigenvalue weighted by molar-refractivity contribution is 5.51. The Morgan fingerprint density at radius 3 is 2.89 bits per heavy atom. The molecule has 2 atom stereocenters. The van der Waals surface area contributed by atoms with Crippen molar-refractivity contribution in [1.82, 2.24) is 9.97 Å². The topological polar surface area (TPSA) is 78.5 Å². The summed E-state index contributed by atoms with van der Waals surface area (Å²) in [5, 5.41) is 10.0. The molecule has 1 heterocycles. The molecule has 1 aromatic heterocycles. The lowest BCUT2D eigenvalue weighted by molar-refractivity contribution is 0.105. The molecule has 6 heteroatoms. The van der Waals surface area contributed by atoms with Gasteiger partial charge in [-0.05, 0) is 12.8 Å². The maximum Gasteiger partial charge on any atom is 0.295 e. The van der Waals surface area contributed by atoms with E-state index in [0.717, 1.165) is 25.7 Å². The van der Waals surface area contributed by atoms with E-state index in [1.54, 1.807) is 0 Å². The molecule has 0 aromatic carbocycles.